The zero-order chi connectivity index (χ0) is 22.6. The Balaban J connectivity index is 1.54. The SMILES string of the molecule is C[C@H]1c2nn(C)c(-c3cc(F)c(F)c(F)c3)c2CCN1C(=O)c1ccnc2cccnc12. The molecule has 1 amide bonds. The van der Waals surface area contributed by atoms with Crippen molar-refractivity contribution in [1.29, 1.82) is 0 Å². The van der Waals surface area contributed by atoms with Gasteiger partial charge in [0.1, 0.15) is 5.52 Å². The number of aromatic nitrogens is 4. The summed E-state index contributed by atoms with van der Waals surface area (Å²) in [4.78, 5) is 23.7. The predicted molar refractivity (Wildman–Crippen MR) is 111 cm³/mol. The summed E-state index contributed by atoms with van der Waals surface area (Å²) in [5, 5.41) is 4.54. The lowest BCUT2D eigenvalue weighted by molar-refractivity contribution is 0.0675. The first kappa shape index (κ1) is 20.2. The fourth-order valence-corrected chi connectivity index (χ4v) is 4.38. The van der Waals surface area contributed by atoms with Crippen LogP contribution in [0.2, 0.25) is 0 Å². The third-order valence-electron chi connectivity index (χ3n) is 5.89. The average Bonchev–Trinajstić information content (AvgIpc) is 3.13. The fraction of sp³-hybridized carbons (Fsp3) is 0.217. The molecule has 1 atom stereocenters. The maximum Gasteiger partial charge on any atom is 0.256 e. The van der Waals surface area contributed by atoms with E-state index in [9.17, 15) is 18.0 Å². The van der Waals surface area contributed by atoms with Crippen LogP contribution in [0.25, 0.3) is 22.3 Å². The molecule has 0 fully saturated rings. The molecule has 4 aromatic rings. The lowest BCUT2D eigenvalue weighted by Crippen LogP contribution is -2.39. The van der Waals surface area contributed by atoms with Gasteiger partial charge in [0.2, 0.25) is 0 Å². The molecule has 32 heavy (non-hydrogen) atoms. The van der Waals surface area contributed by atoms with Gasteiger partial charge in [0, 0.05) is 37.1 Å². The Bertz CT molecular complexity index is 1360. The summed E-state index contributed by atoms with van der Waals surface area (Å²) >= 11 is 0. The first-order chi connectivity index (χ1) is 15.4. The molecule has 0 unspecified atom stereocenters. The molecule has 1 aliphatic heterocycles. The maximum atomic E-state index is 13.8. The second-order valence-corrected chi connectivity index (χ2v) is 7.74. The minimum Gasteiger partial charge on any atom is -0.330 e. The van der Waals surface area contributed by atoms with Crippen LogP contribution in [0.4, 0.5) is 13.2 Å². The summed E-state index contributed by atoms with van der Waals surface area (Å²) in [6.45, 7) is 2.24. The molecule has 0 saturated carbocycles. The van der Waals surface area contributed by atoms with E-state index < -0.39 is 17.5 Å². The van der Waals surface area contributed by atoms with E-state index in [1.807, 2.05) is 6.92 Å². The quantitative estimate of drug-likeness (QED) is 0.441. The number of carbonyl (C=O) groups is 1. The zero-order valence-electron chi connectivity index (χ0n) is 17.3. The summed E-state index contributed by atoms with van der Waals surface area (Å²) in [5.41, 5.74) is 3.73. The van der Waals surface area contributed by atoms with Crippen LogP contribution in [0.5, 0.6) is 0 Å². The number of hydrogen-bond acceptors (Lipinski definition) is 4. The molecule has 162 valence electrons. The van der Waals surface area contributed by atoms with Gasteiger partial charge in [-0.3, -0.25) is 19.4 Å². The molecule has 0 N–H and O–H groups in total. The van der Waals surface area contributed by atoms with Gasteiger partial charge in [-0.25, -0.2) is 13.2 Å². The van der Waals surface area contributed by atoms with Gasteiger partial charge in [0.05, 0.1) is 28.5 Å². The van der Waals surface area contributed by atoms with Gasteiger partial charge in [-0.1, -0.05) is 0 Å². The monoisotopic (exact) mass is 437 g/mol. The number of rotatable bonds is 2. The van der Waals surface area contributed by atoms with Crippen molar-refractivity contribution in [2.24, 2.45) is 7.05 Å². The van der Waals surface area contributed by atoms with E-state index in [1.165, 1.54) is 4.68 Å². The lowest BCUT2D eigenvalue weighted by Gasteiger charge is -2.33. The molecule has 1 aliphatic rings. The number of halogens is 3. The minimum absolute atomic E-state index is 0.194. The van der Waals surface area contributed by atoms with Crippen molar-refractivity contribution in [3.63, 3.8) is 0 Å². The maximum absolute atomic E-state index is 13.8. The predicted octanol–water partition coefficient (Wildman–Crippen LogP) is 4.21. The van der Waals surface area contributed by atoms with Gasteiger partial charge in [0.25, 0.3) is 5.91 Å². The van der Waals surface area contributed by atoms with Crippen LogP contribution < -0.4 is 0 Å². The van der Waals surface area contributed by atoms with E-state index in [-0.39, 0.29) is 17.5 Å². The number of carbonyl (C=O) groups excluding carboxylic acids is 1. The molecule has 0 saturated heterocycles. The van der Waals surface area contributed by atoms with Crippen LogP contribution in [0.1, 0.15) is 34.6 Å². The highest BCUT2D eigenvalue weighted by molar-refractivity contribution is 6.04. The number of fused-ring (bicyclic) bond motifs is 2. The van der Waals surface area contributed by atoms with E-state index in [4.69, 9.17) is 0 Å². The number of nitrogens with zero attached hydrogens (tertiary/aromatic N) is 5. The van der Waals surface area contributed by atoms with E-state index in [0.717, 1.165) is 17.7 Å². The van der Waals surface area contributed by atoms with E-state index in [1.54, 1.807) is 42.5 Å². The molecule has 0 bridgehead atoms. The summed E-state index contributed by atoms with van der Waals surface area (Å²) in [6.07, 6.45) is 3.63. The Morgan fingerprint density at radius 3 is 2.59 bits per heavy atom. The van der Waals surface area contributed by atoms with Crippen LogP contribution in [0.3, 0.4) is 0 Å². The van der Waals surface area contributed by atoms with Gasteiger partial charge in [-0.05, 0) is 43.7 Å². The van der Waals surface area contributed by atoms with E-state index in [0.29, 0.717) is 41.0 Å². The van der Waals surface area contributed by atoms with Crippen molar-refractivity contribution in [3.05, 3.63) is 77.0 Å². The fourth-order valence-electron chi connectivity index (χ4n) is 4.38. The van der Waals surface area contributed by atoms with Crippen molar-refractivity contribution >= 4 is 16.9 Å². The molecule has 0 aliphatic carbocycles. The third kappa shape index (κ3) is 3.04. The minimum atomic E-state index is -1.51. The van der Waals surface area contributed by atoms with E-state index in [2.05, 4.69) is 15.1 Å². The Kier molecular flexibility index (Phi) is 4.69. The molecule has 0 radical (unpaired) electrons. The van der Waals surface area contributed by atoms with Crippen LogP contribution in [-0.4, -0.2) is 37.1 Å². The number of benzene rings is 1. The standard InChI is InChI=1S/C23H18F3N5O/c1-12-20-14(22(30(2)29-20)13-10-16(24)19(26)17(25)11-13)6-9-31(12)23(32)15-5-8-27-18-4-3-7-28-21(15)18/h3-5,7-8,10-12H,6,9H2,1-2H3/t12-/m0/s1. The number of pyridine rings is 2. The number of amides is 1. The lowest BCUT2D eigenvalue weighted by atomic mass is 9.95. The molecule has 5 rings (SSSR count). The average molecular weight is 437 g/mol. The summed E-state index contributed by atoms with van der Waals surface area (Å²) in [7, 11) is 1.66. The molecule has 6 nitrogen and oxygen atoms in total. The van der Waals surface area contributed by atoms with Gasteiger partial charge in [-0.2, -0.15) is 5.10 Å². The second-order valence-electron chi connectivity index (χ2n) is 7.74. The third-order valence-corrected chi connectivity index (χ3v) is 5.89. The molecule has 3 aromatic heterocycles. The van der Waals surface area contributed by atoms with Gasteiger partial charge in [0.15, 0.2) is 17.5 Å². The molecule has 9 heteroatoms. The van der Waals surface area contributed by atoms with Crippen molar-refractivity contribution < 1.29 is 18.0 Å². The van der Waals surface area contributed by atoms with Crippen LogP contribution in [-0.2, 0) is 13.5 Å². The highest BCUT2D eigenvalue weighted by Gasteiger charge is 2.34. The van der Waals surface area contributed by atoms with Crippen molar-refractivity contribution in [2.75, 3.05) is 6.54 Å². The molecule has 4 heterocycles. The summed E-state index contributed by atoms with van der Waals surface area (Å²) in [6, 6.07) is 6.75. The van der Waals surface area contributed by atoms with Crippen LogP contribution in [0.15, 0.2) is 42.7 Å². The Labute approximate surface area is 181 Å². The molecular weight excluding hydrogens is 419 g/mol. The first-order valence-corrected chi connectivity index (χ1v) is 10.1. The summed E-state index contributed by atoms with van der Waals surface area (Å²) < 4.78 is 42.7. The van der Waals surface area contributed by atoms with Crippen LogP contribution >= 0.6 is 0 Å². The Morgan fingerprint density at radius 1 is 1.09 bits per heavy atom. The normalized spacial score (nSPS) is 15.8. The highest BCUT2D eigenvalue weighted by Crippen LogP contribution is 2.37. The van der Waals surface area contributed by atoms with Gasteiger partial charge < -0.3 is 4.90 Å². The molecular formula is C23H18F3N5O. The van der Waals surface area contributed by atoms with Crippen LogP contribution in [0, 0.1) is 17.5 Å². The molecule has 0 spiro atoms. The first-order valence-electron chi connectivity index (χ1n) is 10.1. The Hall–Kier alpha value is -3.75. The van der Waals surface area contributed by atoms with Crippen molar-refractivity contribution in [2.45, 2.75) is 19.4 Å². The smallest absolute Gasteiger partial charge is 0.256 e. The number of aryl methyl sites for hydroxylation is 1. The molecule has 1 aromatic carbocycles. The topological polar surface area (TPSA) is 63.9 Å². The zero-order valence-corrected chi connectivity index (χ0v) is 17.3. The largest absolute Gasteiger partial charge is 0.330 e. The highest BCUT2D eigenvalue weighted by atomic mass is 19.2. The summed E-state index contributed by atoms with van der Waals surface area (Å²) in [5.74, 6) is -4.21. The van der Waals surface area contributed by atoms with Gasteiger partial charge in [-0.15, -0.1) is 0 Å². The Morgan fingerprint density at radius 2 is 1.84 bits per heavy atom. The van der Waals surface area contributed by atoms with E-state index >= 15 is 0 Å². The number of hydrogen-bond donors (Lipinski definition) is 0. The van der Waals surface area contributed by atoms with Crippen molar-refractivity contribution in [1.82, 2.24) is 24.6 Å². The second kappa shape index (κ2) is 7.44. The van der Waals surface area contributed by atoms with Gasteiger partial charge >= 0.3 is 0 Å². The van der Waals surface area contributed by atoms with Crippen molar-refractivity contribution in [3.8, 4) is 11.3 Å².